The Balaban J connectivity index is 1.38. The second-order valence-corrected chi connectivity index (χ2v) is 8.88. The third-order valence-electron chi connectivity index (χ3n) is 6.23. The molecule has 0 fully saturated rings. The zero-order valence-corrected chi connectivity index (χ0v) is 20.5. The molecule has 0 bridgehead atoms. The highest BCUT2D eigenvalue weighted by Gasteiger charge is 2.13. The highest BCUT2D eigenvalue weighted by molar-refractivity contribution is 5.87. The average molecular weight is 494 g/mol. The lowest BCUT2D eigenvalue weighted by Gasteiger charge is -2.10. The summed E-state index contributed by atoms with van der Waals surface area (Å²) in [4.78, 5) is 16.0. The topological polar surface area (TPSA) is 122 Å². The van der Waals surface area contributed by atoms with Gasteiger partial charge in [0.25, 0.3) is 0 Å². The summed E-state index contributed by atoms with van der Waals surface area (Å²) in [5, 5.41) is 28.3. The predicted octanol–water partition coefficient (Wildman–Crippen LogP) is 4.81. The molecule has 5 aromatic rings. The van der Waals surface area contributed by atoms with Crippen molar-refractivity contribution >= 4 is 5.97 Å². The number of carbonyl (C=O) groups is 1. The van der Waals surface area contributed by atoms with Crippen LogP contribution in [0.1, 0.15) is 52.9 Å². The summed E-state index contributed by atoms with van der Waals surface area (Å²) >= 11 is 0. The molecule has 0 saturated carbocycles. The molecule has 186 valence electrons. The number of carboxylic acids is 1. The summed E-state index contributed by atoms with van der Waals surface area (Å²) in [6.45, 7) is 2.75. The maximum atomic E-state index is 11.2. The Morgan fingerprint density at radius 3 is 2.35 bits per heavy atom. The van der Waals surface area contributed by atoms with Gasteiger partial charge in [-0.15, -0.1) is 5.10 Å². The van der Waals surface area contributed by atoms with Crippen LogP contribution < -0.4 is 0 Å². The number of aromatic amines is 1. The Kier molecular flexibility index (Phi) is 7.12. The third-order valence-corrected chi connectivity index (χ3v) is 6.23. The minimum atomic E-state index is -0.930. The second-order valence-electron chi connectivity index (χ2n) is 8.88. The second kappa shape index (κ2) is 10.9. The molecule has 2 N–H and O–H groups in total. The van der Waals surface area contributed by atoms with Gasteiger partial charge in [-0.25, -0.2) is 19.6 Å². The molecule has 0 aliphatic rings. The fourth-order valence-corrected chi connectivity index (χ4v) is 4.25. The van der Waals surface area contributed by atoms with Gasteiger partial charge in [0.15, 0.2) is 11.6 Å². The highest BCUT2D eigenvalue weighted by Crippen LogP contribution is 2.29. The van der Waals surface area contributed by atoms with E-state index in [1.165, 1.54) is 0 Å². The number of carboxylic acid groups (broad SMARTS) is 1. The number of nitrogens with one attached hydrogen (secondary N) is 1. The molecule has 37 heavy (non-hydrogen) atoms. The van der Waals surface area contributed by atoms with Crippen molar-refractivity contribution < 1.29 is 9.90 Å². The van der Waals surface area contributed by atoms with E-state index < -0.39 is 5.97 Å². The number of unbranched alkanes of at least 4 members (excludes halogenated alkanes) is 1. The van der Waals surface area contributed by atoms with E-state index in [1.807, 2.05) is 35.0 Å². The van der Waals surface area contributed by atoms with E-state index in [1.54, 1.807) is 12.1 Å². The molecule has 3 aromatic carbocycles. The molecule has 0 aliphatic carbocycles. The third kappa shape index (κ3) is 5.61. The first-order valence-electron chi connectivity index (χ1n) is 12.3. The first kappa shape index (κ1) is 24.1. The lowest BCUT2D eigenvalue weighted by Crippen LogP contribution is -2.08. The molecular weight excluding hydrogens is 466 g/mol. The Hall–Kier alpha value is -4.66. The zero-order chi connectivity index (χ0) is 25.6. The van der Waals surface area contributed by atoms with Gasteiger partial charge in [0.1, 0.15) is 5.82 Å². The lowest BCUT2D eigenvalue weighted by atomic mass is 9.98. The number of tetrazole rings is 1. The minimum Gasteiger partial charge on any atom is -0.478 e. The van der Waals surface area contributed by atoms with Crippen molar-refractivity contribution in [1.29, 1.82) is 0 Å². The summed E-state index contributed by atoms with van der Waals surface area (Å²) in [5.74, 6) is 1.40. The molecule has 5 rings (SSSR count). The van der Waals surface area contributed by atoms with Crippen molar-refractivity contribution in [2.45, 2.75) is 39.2 Å². The fraction of sp³-hybridized carbons (Fsp3) is 0.214. The minimum absolute atomic E-state index is 0.273. The molecule has 0 aliphatic heterocycles. The summed E-state index contributed by atoms with van der Waals surface area (Å²) in [5.41, 5.74) is 5.42. The zero-order valence-electron chi connectivity index (χ0n) is 20.5. The van der Waals surface area contributed by atoms with Crippen molar-refractivity contribution in [2.24, 2.45) is 0 Å². The van der Waals surface area contributed by atoms with Crippen LogP contribution in [0.25, 0.3) is 22.5 Å². The Morgan fingerprint density at radius 1 is 0.946 bits per heavy atom. The van der Waals surface area contributed by atoms with Crippen LogP contribution in [0.3, 0.4) is 0 Å². The standard InChI is InChI=1S/C28H27N7O2/c1-2-3-8-25-29-26(17-19-9-15-22(16-10-19)28(36)37)35(32-25)18-20-11-13-21(14-12-20)23-6-4-5-7-24(23)27-30-33-34-31-27/h4-7,9-16H,2-3,8,17-18H2,1H3,(H,36,37)(H,30,31,33,34). The van der Waals surface area contributed by atoms with Crippen LogP contribution in [0, 0.1) is 0 Å². The number of aromatic nitrogens is 7. The molecule has 9 heteroatoms. The Labute approximate surface area is 214 Å². The molecule has 0 amide bonds. The molecule has 0 unspecified atom stereocenters. The van der Waals surface area contributed by atoms with Gasteiger partial charge in [-0.05, 0) is 51.2 Å². The summed E-state index contributed by atoms with van der Waals surface area (Å²) in [6, 6.07) is 23.3. The lowest BCUT2D eigenvalue weighted by molar-refractivity contribution is 0.0697. The van der Waals surface area contributed by atoms with Crippen LogP contribution in [-0.4, -0.2) is 46.5 Å². The molecule has 0 spiro atoms. The van der Waals surface area contributed by atoms with Crippen LogP contribution in [0.2, 0.25) is 0 Å². The quantitative estimate of drug-likeness (QED) is 0.286. The number of H-pyrrole nitrogens is 1. The number of aryl methyl sites for hydroxylation is 1. The van der Waals surface area contributed by atoms with Crippen molar-refractivity contribution in [3.8, 4) is 22.5 Å². The molecule has 0 atom stereocenters. The molecule has 0 saturated heterocycles. The summed E-state index contributed by atoms with van der Waals surface area (Å²) in [7, 11) is 0. The first-order chi connectivity index (χ1) is 18.1. The van der Waals surface area contributed by atoms with Gasteiger partial charge in [-0.3, -0.25) is 0 Å². The van der Waals surface area contributed by atoms with Gasteiger partial charge in [-0.2, -0.15) is 5.10 Å². The maximum absolute atomic E-state index is 11.2. The van der Waals surface area contributed by atoms with Gasteiger partial charge < -0.3 is 5.11 Å². The fourth-order valence-electron chi connectivity index (χ4n) is 4.25. The molecule has 2 aromatic heterocycles. The van der Waals surface area contributed by atoms with Crippen molar-refractivity contribution in [3.63, 3.8) is 0 Å². The highest BCUT2D eigenvalue weighted by atomic mass is 16.4. The molecule has 9 nitrogen and oxygen atoms in total. The number of aromatic carboxylic acids is 1. The van der Waals surface area contributed by atoms with Crippen LogP contribution in [-0.2, 0) is 19.4 Å². The van der Waals surface area contributed by atoms with Gasteiger partial charge in [-0.1, -0.05) is 74.0 Å². The van der Waals surface area contributed by atoms with E-state index in [9.17, 15) is 9.90 Å². The van der Waals surface area contributed by atoms with E-state index in [4.69, 9.17) is 10.1 Å². The maximum Gasteiger partial charge on any atom is 0.335 e. The molecular formula is C28H27N7O2. The summed E-state index contributed by atoms with van der Waals surface area (Å²) in [6.07, 6.45) is 3.52. The summed E-state index contributed by atoms with van der Waals surface area (Å²) < 4.78 is 1.96. The number of hydrogen-bond acceptors (Lipinski definition) is 6. The van der Waals surface area contributed by atoms with E-state index in [0.717, 1.165) is 58.7 Å². The van der Waals surface area contributed by atoms with E-state index in [0.29, 0.717) is 18.8 Å². The largest absolute Gasteiger partial charge is 0.478 e. The number of benzene rings is 3. The van der Waals surface area contributed by atoms with E-state index >= 15 is 0 Å². The van der Waals surface area contributed by atoms with Crippen molar-refractivity contribution in [2.75, 3.05) is 0 Å². The Bertz CT molecular complexity index is 1470. The van der Waals surface area contributed by atoms with Gasteiger partial charge in [0.05, 0.1) is 12.1 Å². The van der Waals surface area contributed by atoms with Crippen LogP contribution >= 0.6 is 0 Å². The van der Waals surface area contributed by atoms with Crippen LogP contribution in [0.5, 0.6) is 0 Å². The SMILES string of the molecule is CCCCc1nc(Cc2ccc(C(=O)O)cc2)n(Cc2ccc(-c3ccccc3-c3nnn[nH]3)cc2)n1. The monoisotopic (exact) mass is 493 g/mol. The van der Waals surface area contributed by atoms with Crippen LogP contribution in [0.15, 0.2) is 72.8 Å². The number of hydrogen-bond donors (Lipinski definition) is 2. The van der Waals surface area contributed by atoms with Crippen molar-refractivity contribution in [3.05, 3.63) is 101 Å². The Morgan fingerprint density at radius 2 is 1.68 bits per heavy atom. The van der Waals surface area contributed by atoms with Crippen molar-refractivity contribution in [1.82, 2.24) is 35.4 Å². The van der Waals surface area contributed by atoms with Gasteiger partial charge in [0, 0.05) is 18.4 Å². The van der Waals surface area contributed by atoms with Gasteiger partial charge in [0.2, 0.25) is 0 Å². The number of nitrogens with zero attached hydrogens (tertiary/aromatic N) is 6. The first-order valence-corrected chi connectivity index (χ1v) is 12.3. The van der Waals surface area contributed by atoms with Gasteiger partial charge >= 0.3 is 5.97 Å². The number of rotatable bonds is 10. The predicted molar refractivity (Wildman–Crippen MR) is 139 cm³/mol. The average Bonchev–Trinajstić information content (AvgIpc) is 3.59. The normalized spacial score (nSPS) is 11.1. The molecule has 2 heterocycles. The van der Waals surface area contributed by atoms with Crippen LogP contribution in [0.4, 0.5) is 0 Å². The molecule has 0 radical (unpaired) electrons. The van der Waals surface area contributed by atoms with E-state index in [-0.39, 0.29) is 5.56 Å². The van der Waals surface area contributed by atoms with E-state index in [2.05, 4.69) is 57.9 Å². The smallest absolute Gasteiger partial charge is 0.335 e.